The maximum absolute atomic E-state index is 13.4. The Labute approximate surface area is 194 Å². The molecule has 1 amide bonds. The van der Waals surface area contributed by atoms with Crippen molar-refractivity contribution < 1.29 is 37.0 Å². The number of carboxylic acids is 1. The van der Waals surface area contributed by atoms with E-state index < -0.39 is 18.1 Å². The lowest BCUT2D eigenvalue weighted by Gasteiger charge is -2.38. The molecule has 34 heavy (non-hydrogen) atoms. The Morgan fingerprint density at radius 2 is 1.79 bits per heavy atom. The van der Waals surface area contributed by atoms with Crippen molar-refractivity contribution in [2.24, 2.45) is 11.8 Å². The topological polar surface area (TPSA) is 79.7 Å². The van der Waals surface area contributed by atoms with Crippen LogP contribution in [0.3, 0.4) is 0 Å². The lowest BCUT2D eigenvalue weighted by atomic mass is 9.88. The number of benzene rings is 1. The van der Waals surface area contributed by atoms with Crippen molar-refractivity contribution in [1.29, 1.82) is 0 Å². The lowest BCUT2D eigenvalue weighted by molar-refractivity contribution is -0.192. The second-order valence-corrected chi connectivity index (χ2v) is 8.47. The zero-order valence-corrected chi connectivity index (χ0v) is 18.4. The van der Waals surface area contributed by atoms with Crippen LogP contribution < -0.4 is 0 Å². The highest BCUT2D eigenvalue weighted by Crippen LogP contribution is 2.32. The van der Waals surface area contributed by atoms with Crippen LogP contribution in [-0.2, 0) is 16.0 Å². The Morgan fingerprint density at radius 3 is 2.38 bits per heavy atom. The monoisotopic (exact) mass is 482 g/mol. The number of piperidine rings is 1. The number of hydrogen-bond acceptors (Lipinski definition) is 4. The molecule has 2 atom stereocenters. The van der Waals surface area contributed by atoms with Gasteiger partial charge in [0.15, 0.2) is 0 Å². The zero-order valence-electron chi connectivity index (χ0n) is 18.4. The van der Waals surface area contributed by atoms with Gasteiger partial charge < -0.3 is 14.7 Å². The Kier molecular flexibility index (Phi) is 8.60. The second kappa shape index (κ2) is 11.4. The smallest absolute Gasteiger partial charge is 0.475 e. The fraction of sp³-hybridized carbons (Fsp3) is 0.458. The van der Waals surface area contributed by atoms with E-state index in [1.54, 1.807) is 6.07 Å². The third kappa shape index (κ3) is 7.79. The average molecular weight is 482 g/mol. The van der Waals surface area contributed by atoms with Crippen LogP contribution in [0.5, 0.6) is 0 Å². The van der Waals surface area contributed by atoms with E-state index in [1.165, 1.54) is 30.7 Å². The van der Waals surface area contributed by atoms with Crippen LogP contribution in [0.1, 0.15) is 35.2 Å². The summed E-state index contributed by atoms with van der Waals surface area (Å²) in [5.41, 5.74) is 1.62. The molecule has 1 aromatic heterocycles. The molecule has 10 heteroatoms. The van der Waals surface area contributed by atoms with Crippen LogP contribution in [0.2, 0.25) is 0 Å². The van der Waals surface area contributed by atoms with E-state index in [-0.39, 0.29) is 17.9 Å². The number of likely N-dealkylation sites (tertiary alicyclic amines) is 1. The van der Waals surface area contributed by atoms with Gasteiger partial charge >= 0.3 is 12.1 Å². The minimum absolute atomic E-state index is 0.130. The number of nitrogens with zero attached hydrogens (tertiary/aromatic N) is 2. The summed E-state index contributed by atoms with van der Waals surface area (Å²) in [7, 11) is 0. The summed E-state index contributed by atoms with van der Waals surface area (Å²) in [6.45, 7) is 2.11. The van der Waals surface area contributed by atoms with E-state index in [4.69, 9.17) is 14.6 Å². The number of rotatable bonds is 6. The number of halogens is 4. The highest BCUT2D eigenvalue weighted by molar-refractivity contribution is 5.94. The Bertz CT molecular complexity index is 967. The first-order chi connectivity index (χ1) is 16.1. The van der Waals surface area contributed by atoms with Crippen LogP contribution in [-0.4, -0.2) is 58.8 Å². The maximum Gasteiger partial charge on any atom is 0.490 e. The summed E-state index contributed by atoms with van der Waals surface area (Å²) in [6.07, 6.45) is 0.677. The molecule has 2 aromatic rings. The first-order valence-electron chi connectivity index (χ1n) is 11.0. The van der Waals surface area contributed by atoms with E-state index in [9.17, 15) is 22.4 Å². The van der Waals surface area contributed by atoms with Gasteiger partial charge in [-0.05, 0) is 43.2 Å². The first kappa shape index (κ1) is 25.6. The molecule has 4 rings (SSSR count). The van der Waals surface area contributed by atoms with Crippen LogP contribution >= 0.6 is 0 Å². The Morgan fingerprint density at radius 1 is 1.12 bits per heavy atom. The predicted molar refractivity (Wildman–Crippen MR) is 115 cm³/mol. The number of ether oxygens (including phenoxy) is 1. The number of hydrogen-bond donors (Lipinski definition) is 1. The van der Waals surface area contributed by atoms with Crippen LogP contribution in [0.25, 0.3) is 0 Å². The first-order valence-corrected chi connectivity index (χ1v) is 11.0. The maximum atomic E-state index is 13.4. The normalized spacial score (nSPS) is 20.3. The van der Waals surface area contributed by atoms with Crippen molar-refractivity contribution in [2.45, 2.75) is 38.0 Å². The number of carbonyl (C=O) groups excluding carboxylic acids is 1. The number of carbonyl (C=O) groups is 2. The second-order valence-electron chi connectivity index (χ2n) is 8.47. The van der Waals surface area contributed by atoms with Gasteiger partial charge in [-0.3, -0.25) is 4.79 Å². The van der Waals surface area contributed by atoms with E-state index >= 15 is 0 Å². The fourth-order valence-electron chi connectivity index (χ4n) is 3.79. The van der Waals surface area contributed by atoms with Crippen molar-refractivity contribution >= 4 is 11.9 Å². The van der Waals surface area contributed by atoms with Crippen molar-refractivity contribution in [3.05, 3.63) is 65.7 Å². The molecule has 6 nitrogen and oxygen atoms in total. The number of carboxylic acid groups (broad SMARTS) is 1. The highest BCUT2D eigenvalue weighted by atomic mass is 19.4. The van der Waals surface area contributed by atoms with Crippen molar-refractivity contribution in [2.75, 3.05) is 19.7 Å². The van der Waals surface area contributed by atoms with Gasteiger partial charge in [0, 0.05) is 43.4 Å². The molecule has 1 aliphatic carbocycles. The molecular weight excluding hydrogens is 456 g/mol. The van der Waals surface area contributed by atoms with Crippen LogP contribution in [0, 0.1) is 17.8 Å². The van der Waals surface area contributed by atoms with Gasteiger partial charge in [0.25, 0.3) is 5.91 Å². The molecule has 2 heterocycles. The summed E-state index contributed by atoms with van der Waals surface area (Å²) in [6, 6.07) is 13.1. The van der Waals surface area contributed by atoms with Gasteiger partial charge in [0.2, 0.25) is 5.95 Å². The fourth-order valence-corrected chi connectivity index (χ4v) is 3.79. The minimum Gasteiger partial charge on any atom is -0.475 e. The van der Waals surface area contributed by atoms with Gasteiger partial charge in [-0.15, -0.1) is 0 Å². The molecule has 1 saturated carbocycles. The van der Waals surface area contributed by atoms with Gasteiger partial charge in [-0.2, -0.15) is 17.6 Å². The summed E-state index contributed by atoms with van der Waals surface area (Å²) in [5, 5.41) is 7.12. The van der Waals surface area contributed by atoms with Gasteiger partial charge in [0.1, 0.15) is 0 Å². The van der Waals surface area contributed by atoms with E-state index in [2.05, 4.69) is 17.1 Å². The van der Waals surface area contributed by atoms with Crippen LogP contribution in [0.4, 0.5) is 17.6 Å². The molecule has 2 fully saturated rings. The molecule has 1 aliphatic heterocycles. The largest absolute Gasteiger partial charge is 0.490 e. The number of amides is 1. The van der Waals surface area contributed by atoms with Crippen molar-refractivity contribution in [1.82, 2.24) is 9.88 Å². The van der Waals surface area contributed by atoms with Crippen molar-refractivity contribution in [3.63, 3.8) is 0 Å². The van der Waals surface area contributed by atoms with Crippen molar-refractivity contribution in [3.8, 4) is 0 Å². The Balaban J connectivity index is 0.000000406. The minimum atomic E-state index is -5.08. The number of alkyl halides is 3. The molecule has 184 valence electrons. The SMILES string of the molecule is O=C(O)C(F)(F)F.O=C(c1ccnc(F)c1)N1CC[C@@H](OCC2CC2)[C@H](Cc2ccccc2)C1. The third-order valence-corrected chi connectivity index (χ3v) is 5.75. The molecule has 0 radical (unpaired) electrons. The molecular formula is C24H26F4N2O4. The highest BCUT2D eigenvalue weighted by Gasteiger charge is 2.38. The predicted octanol–water partition coefficient (Wildman–Crippen LogP) is 4.35. The lowest BCUT2D eigenvalue weighted by Crippen LogP contribution is -2.47. The van der Waals surface area contributed by atoms with Crippen LogP contribution in [0.15, 0.2) is 48.7 Å². The molecule has 1 N–H and O–H groups in total. The number of pyridine rings is 1. The van der Waals surface area contributed by atoms with Gasteiger partial charge in [-0.1, -0.05) is 30.3 Å². The quantitative estimate of drug-likeness (QED) is 0.489. The third-order valence-electron chi connectivity index (χ3n) is 5.75. The zero-order chi connectivity index (χ0) is 24.7. The summed E-state index contributed by atoms with van der Waals surface area (Å²) in [4.78, 5) is 27.1. The summed E-state index contributed by atoms with van der Waals surface area (Å²) < 4.78 is 51.4. The number of aliphatic carboxylic acids is 1. The Hall–Kier alpha value is -3.01. The molecule has 0 spiro atoms. The van der Waals surface area contributed by atoms with E-state index in [1.807, 2.05) is 23.1 Å². The molecule has 1 saturated heterocycles. The number of aromatic nitrogens is 1. The average Bonchev–Trinajstić information content (AvgIpc) is 3.63. The van der Waals surface area contributed by atoms with E-state index in [0.29, 0.717) is 18.7 Å². The molecule has 2 aliphatic rings. The molecule has 1 aromatic carbocycles. The molecule has 0 unspecified atom stereocenters. The summed E-state index contributed by atoms with van der Waals surface area (Å²) in [5.74, 6) is -2.54. The summed E-state index contributed by atoms with van der Waals surface area (Å²) >= 11 is 0. The van der Waals surface area contributed by atoms with Gasteiger partial charge in [0.05, 0.1) is 6.10 Å². The standard InChI is InChI=1S/C22H25FN2O2.C2HF3O2/c23-21-13-18(8-10-24-21)22(26)25-11-9-20(27-15-17-6-7-17)19(14-25)12-16-4-2-1-3-5-16;3-2(4,5)1(6)7/h1-5,8,10,13,17,19-20H,6-7,9,11-12,14-15H2;(H,6,7)/t19-,20-;/m1./s1. The molecule has 0 bridgehead atoms. The van der Waals surface area contributed by atoms with E-state index in [0.717, 1.165) is 25.4 Å². The van der Waals surface area contributed by atoms with Gasteiger partial charge in [-0.25, -0.2) is 9.78 Å².